The first-order chi connectivity index (χ1) is 14.0. The van der Waals surface area contributed by atoms with Crippen LogP contribution in [0.4, 0.5) is 0 Å². The smallest absolute Gasteiger partial charge is 0.245 e. The minimum absolute atomic E-state index is 0.157. The molecule has 0 saturated carbocycles. The van der Waals surface area contributed by atoms with Gasteiger partial charge in [0.05, 0.1) is 17.8 Å². The van der Waals surface area contributed by atoms with Crippen LogP contribution in [0.25, 0.3) is 11.3 Å². The van der Waals surface area contributed by atoms with Crippen molar-refractivity contribution in [2.24, 2.45) is 11.3 Å². The zero-order valence-electron chi connectivity index (χ0n) is 16.3. The molecule has 2 aliphatic heterocycles. The summed E-state index contributed by atoms with van der Waals surface area (Å²) >= 11 is 0. The molecule has 0 radical (unpaired) electrons. The Morgan fingerprint density at radius 1 is 0.828 bits per heavy atom. The quantitative estimate of drug-likeness (QED) is 0.635. The zero-order chi connectivity index (χ0) is 19.9. The van der Waals surface area contributed by atoms with Crippen LogP contribution in [0, 0.1) is 11.3 Å². The topological polar surface area (TPSA) is 48.9 Å². The van der Waals surface area contributed by atoms with Gasteiger partial charge in [0.25, 0.3) is 0 Å². The van der Waals surface area contributed by atoms with Crippen LogP contribution in [0.1, 0.15) is 31.5 Å². The van der Waals surface area contributed by atoms with Crippen LogP contribution in [0.15, 0.2) is 88.0 Å². The fraction of sp³-hybridized carbons (Fsp3) is 0.250. The van der Waals surface area contributed by atoms with E-state index < -0.39 is 0 Å². The summed E-state index contributed by atoms with van der Waals surface area (Å²) in [4.78, 5) is 26.7. The van der Waals surface area contributed by atoms with E-state index in [1.165, 1.54) is 21.3 Å². The first-order valence-corrected chi connectivity index (χ1v) is 10.0. The Morgan fingerprint density at radius 3 is 2.14 bits per heavy atom. The molecule has 4 atom stereocenters. The zero-order valence-corrected chi connectivity index (χ0v) is 16.3. The third kappa shape index (κ3) is 1.81. The normalized spacial score (nSPS) is 28.8. The van der Waals surface area contributed by atoms with E-state index >= 15 is 0 Å². The first-order valence-electron chi connectivity index (χ1n) is 10.0. The minimum atomic E-state index is -0.264. The molecule has 0 amide bonds. The average Bonchev–Trinajstić information content (AvgIpc) is 3.03. The summed E-state index contributed by atoms with van der Waals surface area (Å²) < 4.78 is 4.67. The van der Waals surface area contributed by atoms with Gasteiger partial charge >= 0.3 is 11.4 Å². The highest BCUT2D eigenvalue weighted by atomic mass is 16.2. The van der Waals surface area contributed by atoms with Crippen molar-refractivity contribution >= 4 is 5.57 Å². The highest BCUT2D eigenvalue weighted by Gasteiger charge is 2.62. The molecule has 0 fully saturated rings. The third-order valence-electron chi connectivity index (χ3n) is 7.27. The number of benzene rings is 2. The number of rotatable bonds is 2. The predicted octanol–water partition coefficient (Wildman–Crippen LogP) is 3.58. The van der Waals surface area contributed by atoms with E-state index in [4.69, 9.17) is 0 Å². The Morgan fingerprint density at radius 2 is 1.45 bits per heavy atom. The molecule has 0 spiro atoms. The number of aromatic nitrogens is 3. The van der Waals surface area contributed by atoms with Crippen LogP contribution in [-0.4, -0.2) is 13.9 Å². The van der Waals surface area contributed by atoms with Crippen molar-refractivity contribution in [3.8, 4) is 5.69 Å². The Kier molecular flexibility index (Phi) is 3.08. The van der Waals surface area contributed by atoms with Gasteiger partial charge in [-0.25, -0.2) is 23.5 Å². The second kappa shape index (κ2) is 5.38. The molecule has 5 nitrogen and oxygen atoms in total. The monoisotopic (exact) mass is 383 g/mol. The van der Waals surface area contributed by atoms with E-state index in [1.54, 1.807) is 21.5 Å². The fourth-order valence-corrected chi connectivity index (χ4v) is 5.81. The summed E-state index contributed by atoms with van der Waals surface area (Å²) in [5.41, 5.74) is 3.75. The van der Waals surface area contributed by atoms with Gasteiger partial charge in [0, 0.05) is 11.3 Å². The molecule has 144 valence electrons. The van der Waals surface area contributed by atoms with E-state index in [0.717, 1.165) is 0 Å². The standard InChI is InChI=1S/C24H21N3O2/c1-15-20(16-9-5-3-6-10-16)21-18-13-14-19(24(15,21)2)27-23(29)25(22(28)26(18)27)17-11-7-4-8-12-17/h3-14,18-19,21H,1-2H3/t18-,19-,21+,24-/m0/s1. The van der Waals surface area contributed by atoms with Gasteiger partial charge in [-0.3, -0.25) is 0 Å². The lowest BCUT2D eigenvalue weighted by molar-refractivity contribution is 0.0516. The Labute approximate surface area is 167 Å². The van der Waals surface area contributed by atoms with Gasteiger partial charge in [-0.2, -0.15) is 0 Å². The summed E-state index contributed by atoms with van der Waals surface area (Å²) in [6, 6.07) is 19.3. The van der Waals surface area contributed by atoms with Crippen molar-refractivity contribution in [1.82, 2.24) is 13.9 Å². The molecule has 2 bridgehead atoms. The van der Waals surface area contributed by atoms with E-state index in [9.17, 15) is 9.59 Å². The van der Waals surface area contributed by atoms with Gasteiger partial charge in [-0.05, 0) is 30.2 Å². The second-order valence-corrected chi connectivity index (χ2v) is 8.41. The number of nitrogens with zero attached hydrogens (tertiary/aromatic N) is 3. The molecule has 0 saturated heterocycles. The molecule has 3 heterocycles. The second-order valence-electron chi connectivity index (χ2n) is 8.41. The molecule has 7 rings (SSSR count). The van der Waals surface area contributed by atoms with Gasteiger partial charge in [0.2, 0.25) is 0 Å². The number of allylic oxidation sites excluding steroid dienone is 4. The van der Waals surface area contributed by atoms with Crippen LogP contribution in [0.2, 0.25) is 0 Å². The van der Waals surface area contributed by atoms with Crippen molar-refractivity contribution in [2.45, 2.75) is 25.9 Å². The highest BCUT2D eigenvalue weighted by molar-refractivity contribution is 5.80. The maximum atomic E-state index is 13.4. The maximum absolute atomic E-state index is 13.4. The molecule has 2 aliphatic carbocycles. The van der Waals surface area contributed by atoms with E-state index in [-0.39, 0.29) is 34.8 Å². The first kappa shape index (κ1) is 16.6. The van der Waals surface area contributed by atoms with Gasteiger partial charge in [-0.1, -0.05) is 73.2 Å². The van der Waals surface area contributed by atoms with Gasteiger partial charge in [0.1, 0.15) is 0 Å². The van der Waals surface area contributed by atoms with E-state index in [2.05, 4.69) is 50.3 Å². The Balaban J connectivity index is 1.59. The molecule has 5 heteroatoms. The third-order valence-corrected chi connectivity index (χ3v) is 7.27. The summed E-state index contributed by atoms with van der Waals surface area (Å²) in [5.74, 6) is 0.184. The number of para-hydroxylation sites is 1. The SMILES string of the molecule is CC1=C(c2ccccc2)[C@H]2[C@@H]3C=C[C@H](n4c(=O)n(-c5ccccc5)c(=O)n43)[C@]12C. The molecule has 3 aromatic rings. The highest BCUT2D eigenvalue weighted by Crippen LogP contribution is 2.68. The molecule has 29 heavy (non-hydrogen) atoms. The molecule has 1 aromatic heterocycles. The summed E-state index contributed by atoms with van der Waals surface area (Å²) in [5, 5.41) is 0. The van der Waals surface area contributed by atoms with Crippen LogP contribution in [0.3, 0.4) is 0 Å². The Bertz CT molecular complexity index is 1320. The van der Waals surface area contributed by atoms with Gasteiger partial charge in [-0.15, -0.1) is 0 Å². The average molecular weight is 383 g/mol. The molecule has 2 aromatic carbocycles. The van der Waals surface area contributed by atoms with Gasteiger partial charge < -0.3 is 0 Å². The minimum Gasteiger partial charge on any atom is -0.245 e. The van der Waals surface area contributed by atoms with E-state index in [0.29, 0.717) is 5.69 Å². The largest absolute Gasteiger partial charge is 0.352 e. The van der Waals surface area contributed by atoms with Crippen molar-refractivity contribution in [2.75, 3.05) is 0 Å². The van der Waals surface area contributed by atoms with Crippen molar-refractivity contribution in [1.29, 1.82) is 0 Å². The van der Waals surface area contributed by atoms with Crippen LogP contribution in [0.5, 0.6) is 0 Å². The summed E-state index contributed by atoms with van der Waals surface area (Å²) in [6.45, 7) is 4.41. The lowest BCUT2D eigenvalue weighted by Gasteiger charge is -2.61. The number of hydrogen-bond donors (Lipinski definition) is 0. The lowest BCUT2D eigenvalue weighted by atomic mass is 9.48. The molecular formula is C24H21N3O2. The van der Waals surface area contributed by atoms with Crippen LogP contribution in [-0.2, 0) is 0 Å². The van der Waals surface area contributed by atoms with Crippen LogP contribution >= 0.6 is 0 Å². The maximum Gasteiger partial charge on any atom is 0.352 e. The van der Waals surface area contributed by atoms with Crippen molar-refractivity contribution < 1.29 is 0 Å². The Hall–Kier alpha value is -3.34. The lowest BCUT2D eigenvalue weighted by Crippen LogP contribution is -2.59. The van der Waals surface area contributed by atoms with Gasteiger partial charge in [0.15, 0.2) is 0 Å². The molecule has 0 N–H and O–H groups in total. The summed E-state index contributed by atoms with van der Waals surface area (Å²) in [6.07, 6.45) is 4.23. The van der Waals surface area contributed by atoms with Crippen molar-refractivity contribution in [3.05, 3.63) is 105 Å². The molecule has 4 aliphatic rings. The van der Waals surface area contributed by atoms with Crippen molar-refractivity contribution in [3.63, 3.8) is 0 Å². The molecule has 0 unspecified atom stereocenters. The fourth-order valence-electron chi connectivity index (χ4n) is 5.81. The van der Waals surface area contributed by atoms with E-state index in [1.807, 2.05) is 24.3 Å². The van der Waals surface area contributed by atoms with Crippen LogP contribution < -0.4 is 11.4 Å². The number of hydrogen-bond acceptors (Lipinski definition) is 2. The molecular weight excluding hydrogens is 362 g/mol. The predicted molar refractivity (Wildman–Crippen MR) is 112 cm³/mol. The summed E-state index contributed by atoms with van der Waals surface area (Å²) in [7, 11) is 0.